The van der Waals surface area contributed by atoms with Crippen LogP contribution in [0.1, 0.15) is 26.7 Å². The molecule has 2 N–H and O–H groups in total. The van der Waals surface area contributed by atoms with Gasteiger partial charge in [-0.2, -0.15) is 0 Å². The Balaban J connectivity index is 1.47. The molecule has 1 fully saturated rings. The molecule has 1 atom stereocenters. The van der Waals surface area contributed by atoms with Crippen LogP contribution in [0.15, 0.2) is 36.5 Å². The second-order valence-electron chi connectivity index (χ2n) is 7.41. The van der Waals surface area contributed by atoms with E-state index in [0.717, 1.165) is 62.2 Å². The van der Waals surface area contributed by atoms with Crippen molar-refractivity contribution >= 4 is 28.5 Å². The minimum atomic E-state index is -0.228. The van der Waals surface area contributed by atoms with Gasteiger partial charge >= 0.3 is 6.03 Å². The second kappa shape index (κ2) is 10.2. The molecule has 1 aromatic carbocycles. The van der Waals surface area contributed by atoms with Gasteiger partial charge in [0.1, 0.15) is 0 Å². The topological polar surface area (TPSA) is 77.6 Å². The lowest BCUT2D eigenvalue weighted by molar-refractivity contribution is -0.136. The smallest absolute Gasteiger partial charge is 0.319 e. The molecule has 1 aliphatic rings. The van der Waals surface area contributed by atoms with Crippen LogP contribution >= 0.6 is 0 Å². The van der Waals surface area contributed by atoms with Gasteiger partial charge in [0, 0.05) is 44.3 Å². The fraction of sp³-hybridized carbons (Fsp3) is 0.500. The minimum Gasteiger partial charge on any atom is -0.343 e. The van der Waals surface area contributed by atoms with Gasteiger partial charge in [-0.15, -0.1) is 0 Å². The number of pyridine rings is 1. The number of rotatable bonds is 7. The fourth-order valence-electron chi connectivity index (χ4n) is 3.95. The van der Waals surface area contributed by atoms with Crippen molar-refractivity contribution in [3.63, 3.8) is 0 Å². The molecule has 1 aromatic heterocycles. The molecule has 156 valence electrons. The molecule has 1 aliphatic heterocycles. The number of nitrogens with one attached hydrogen (secondary N) is 2. The summed E-state index contributed by atoms with van der Waals surface area (Å²) < 4.78 is 0. The van der Waals surface area contributed by atoms with E-state index in [2.05, 4.69) is 20.5 Å². The number of amides is 3. The molecule has 29 heavy (non-hydrogen) atoms. The average molecular weight is 398 g/mol. The predicted octanol–water partition coefficient (Wildman–Crippen LogP) is 2.94. The summed E-state index contributed by atoms with van der Waals surface area (Å²) in [6.07, 6.45) is 3.67. The number of carbonyl (C=O) groups is 2. The Morgan fingerprint density at radius 2 is 2.00 bits per heavy atom. The van der Waals surface area contributed by atoms with Gasteiger partial charge in [-0.3, -0.25) is 9.78 Å². The minimum absolute atomic E-state index is 0.0701. The number of anilines is 1. The summed E-state index contributed by atoms with van der Waals surface area (Å²) >= 11 is 0. The highest BCUT2D eigenvalue weighted by Crippen LogP contribution is 2.21. The molecule has 0 aliphatic carbocycles. The zero-order valence-electron chi connectivity index (χ0n) is 17.4. The summed E-state index contributed by atoms with van der Waals surface area (Å²) in [5.41, 5.74) is 1.60. The molecule has 1 saturated heterocycles. The Morgan fingerprint density at radius 3 is 2.79 bits per heavy atom. The number of hydrogen-bond acceptors (Lipinski definition) is 4. The lowest BCUT2D eigenvalue weighted by Gasteiger charge is -2.34. The van der Waals surface area contributed by atoms with Crippen LogP contribution < -0.4 is 10.6 Å². The van der Waals surface area contributed by atoms with Gasteiger partial charge < -0.3 is 20.4 Å². The molecular weight excluding hydrogens is 366 g/mol. The molecule has 2 aromatic rings. The lowest BCUT2D eigenvalue weighted by atomic mass is 9.96. The van der Waals surface area contributed by atoms with Crippen molar-refractivity contribution in [3.05, 3.63) is 36.5 Å². The maximum absolute atomic E-state index is 12.6. The summed E-state index contributed by atoms with van der Waals surface area (Å²) in [4.78, 5) is 33.4. The summed E-state index contributed by atoms with van der Waals surface area (Å²) in [5.74, 6) is 0.329. The van der Waals surface area contributed by atoms with Crippen LogP contribution in [-0.2, 0) is 4.79 Å². The lowest BCUT2D eigenvalue weighted by Crippen LogP contribution is -2.46. The van der Waals surface area contributed by atoms with E-state index in [9.17, 15) is 9.59 Å². The summed E-state index contributed by atoms with van der Waals surface area (Å²) in [6.45, 7) is 8.60. The maximum Gasteiger partial charge on any atom is 0.319 e. The molecule has 1 unspecified atom stereocenters. The van der Waals surface area contributed by atoms with Gasteiger partial charge in [0.2, 0.25) is 5.91 Å². The molecule has 7 heteroatoms. The number of benzene rings is 1. The van der Waals surface area contributed by atoms with E-state index in [1.165, 1.54) is 0 Å². The summed E-state index contributed by atoms with van der Waals surface area (Å²) in [5, 5.41) is 6.75. The maximum atomic E-state index is 12.6. The van der Waals surface area contributed by atoms with Crippen molar-refractivity contribution < 1.29 is 9.59 Å². The van der Waals surface area contributed by atoms with Crippen LogP contribution in [0.3, 0.4) is 0 Å². The van der Waals surface area contributed by atoms with Gasteiger partial charge in [-0.1, -0.05) is 18.2 Å². The molecule has 7 nitrogen and oxygen atoms in total. The van der Waals surface area contributed by atoms with Crippen LogP contribution in [0, 0.1) is 5.92 Å². The Kier molecular flexibility index (Phi) is 7.41. The van der Waals surface area contributed by atoms with Crippen LogP contribution in [0.25, 0.3) is 10.9 Å². The first-order chi connectivity index (χ1) is 14.1. The van der Waals surface area contributed by atoms with Gasteiger partial charge in [-0.05, 0) is 45.4 Å². The van der Waals surface area contributed by atoms with E-state index in [4.69, 9.17) is 0 Å². The SMILES string of the molecule is CCN(CC)C(=O)C1CCCN(CCNC(=O)Nc2ccnc3ccccc23)C1. The largest absolute Gasteiger partial charge is 0.343 e. The number of nitrogens with zero attached hydrogens (tertiary/aromatic N) is 3. The zero-order chi connectivity index (χ0) is 20.6. The number of carbonyl (C=O) groups excluding carboxylic acids is 2. The van der Waals surface area contributed by atoms with Crippen LogP contribution in [0.4, 0.5) is 10.5 Å². The van der Waals surface area contributed by atoms with Crippen molar-refractivity contribution in [2.75, 3.05) is 44.6 Å². The van der Waals surface area contributed by atoms with Crippen molar-refractivity contribution in [1.82, 2.24) is 20.1 Å². The number of likely N-dealkylation sites (tertiary alicyclic amines) is 1. The van der Waals surface area contributed by atoms with Gasteiger partial charge in [0.05, 0.1) is 17.1 Å². The first kappa shape index (κ1) is 21.0. The Morgan fingerprint density at radius 1 is 1.21 bits per heavy atom. The Labute approximate surface area is 172 Å². The van der Waals surface area contributed by atoms with Crippen molar-refractivity contribution in [1.29, 1.82) is 0 Å². The molecule has 3 amide bonds. The van der Waals surface area contributed by atoms with E-state index < -0.39 is 0 Å². The predicted molar refractivity (Wildman–Crippen MR) is 116 cm³/mol. The second-order valence-corrected chi connectivity index (χ2v) is 7.41. The van der Waals surface area contributed by atoms with E-state index in [-0.39, 0.29) is 17.9 Å². The molecular formula is C22H31N5O2. The Hall–Kier alpha value is -2.67. The third kappa shape index (κ3) is 5.44. The number of hydrogen-bond donors (Lipinski definition) is 2. The van der Waals surface area contributed by atoms with Crippen LogP contribution in [0.5, 0.6) is 0 Å². The van der Waals surface area contributed by atoms with Gasteiger partial charge in [0.15, 0.2) is 0 Å². The average Bonchev–Trinajstić information content (AvgIpc) is 2.75. The van der Waals surface area contributed by atoms with Crippen molar-refractivity contribution in [2.45, 2.75) is 26.7 Å². The first-order valence-electron chi connectivity index (χ1n) is 10.5. The van der Waals surface area contributed by atoms with Gasteiger partial charge in [0.25, 0.3) is 0 Å². The number of para-hydroxylation sites is 1. The van der Waals surface area contributed by atoms with Crippen molar-refractivity contribution in [3.8, 4) is 0 Å². The quantitative estimate of drug-likeness (QED) is 0.753. The molecule has 0 spiro atoms. The third-order valence-corrected chi connectivity index (χ3v) is 5.54. The highest BCUT2D eigenvalue weighted by molar-refractivity contribution is 6.00. The van der Waals surface area contributed by atoms with E-state index in [0.29, 0.717) is 6.54 Å². The molecule has 0 bridgehead atoms. The van der Waals surface area contributed by atoms with Crippen LogP contribution in [0.2, 0.25) is 0 Å². The summed E-state index contributed by atoms with van der Waals surface area (Å²) in [7, 11) is 0. The highest BCUT2D eigenvalue weighted by Gasteiger charge is 2.28. The van der Waals surface area contributed by atoms with Crippen LogP contribution in [-0.4, -0.2) is 66.0 Å². The van der Waals surface area contributed by atoms with E-state index in [1.54, 1.807) is 12.3 Å². The summed E-state index contributed by atoms with van der Waals surface area (Å²) in [6, 6.07) is 9.29. The van der Waals surface area contributed by atoms with Gasteiger partial charge in [-0.25, -0.2) is 4.79 Å². The monoisotopic (exact) mass is 397 g/mol. The Bertz CT molecular complexity index is 832. The standard InChI is InChI=1S/C22H31N5O2/c1-3-27(4-2)21(28)17-8-7-14-26(16-17)15-13-24-22(29)25-20-11-12-23-19-10-6-5-9-18(19)20/h5-6,9-12,17H,3-4,7-8,13-16H2,1-2H3,(H2,23,24,25,29). The van der Waals surface area contributed by atoms with Crippen molar-refractivity contribution in [2.24, 2.45) is 5.92 Å². The number of piperidine rings is 1. The van der Waals surface area contributed by atoms with E-state index >= 15 is 0 Å². The number of urea groups is 1. The molecule has 2 heterocycles. The number of aromatic nitrogens is 1. The van der Waals surface area contributed by atoms with E-state index in [1.807, 2.05) is 43.0 Å². The first-order valence-corrected chi connectivity index (χ1v) is 10.5. The molecule has 3 rings (SSSR count). The third-order valence-electron chi connectivity index (χ3n) is 5.54. The molecule has 0 saturated carbocycles. The fourth-order valence-corrected chi connectivity index (χ4v) is 3.95. The number of fused-ring (bicyclic) bond motifs is 1. The highest BCUT2D eigenvalue weighted by atomic mass is 16.2. The normalized spacial score (nSPS) is 17.1. The zero-order valence-corrected chi connectivity index (χ0v) is 17.4. The molecule has 0 radical (unpaired) electrons.